The van der Waals surface area contributed by atoms with Crippen molar-refractivity contribution in [3.8, 4) is 11.4 Å². The van der Waals surface area contributed by atoms with Gasteiger partial charge in [0.1, 0.15) is 18.4 Å². The van der Waals surface area contributed by atoms with Gasteiger partial charge in [0.15, 0.2) is 11.6 Å². The summed E-state index contributed by atoms with van der Waals surface area (Å²) in [5.74, 6) is 1.23. The van der Waals surface area contributed by atoms with E-state index in [-0.39, 0.29) is 11.7 Å². The Bertz CT molecular complexity index is 1160. The number of nitrogens with one attached hydrogen (secondary N) is 2. The van der Waals surface area contributed by atoms with Crippen LogP contribution in [0, 0.1) is 6.92 Å². The smallest absolute Gasteiger partial charge is 0.246 e. The molecule has 1 amide bonds. The van der Waals surface area contributed by atoms with Crippen LogP contribution >= 0.6 is 0 Å². The van der Waals surface area contributed by atoms with Crippen molar-refractivity contribution in [2.45, 2.75) is 47.1 Å². The molecule has 9 heteroatoms. The van der Waals surface area contributed by atoms with E-state index in [0.29, 0.717) is 30.4 Å². The highest BCUT2D eigenvalue weighted by Crippen LogP contribution is 2.24. The molecule has 8 nitrogen and oxygen atoms in total. The Hall–Kier alpha value is -4.14. The largest absolute Gasteiger partial charge is 0.495 e. The van der Waals surface area contributed by atoms with Gasteiger partial charge < -0.3 is 24.7 Å². The van der Waals surface area contributed by atoms with Crippen LogP contribution in [0.15, 0.2) is 84.9 Å². The van der Waals surface area contributed by atoms with Crippen molar-refractivity contribution in [3.63, 3.8) is 0 Å². The topological polar surface area (TPSA) is 89.8 Å². The van der Waals surface area contributed by atoms with E-state index < -0.39 is 6.04 Å². The van der Waals surface area contributed by atoms with Gasteiger partial charge in [-0.2, -0.15) is 0 Å². The number of allylic oxidation sites excluding steroid dienone is 4. The van der Waals surface area contributed by atoms with Crippen molar-refractivity contribution in [1.82, 2.24) is 20.2 Å². The van der Waals surface area contributed by atoms with Crippen molar-refractivity contribution in [2.75, 3.05) is 20.3 Å². The van der Waals surface area contributed by atoms with Crippen LogP contribution < -0.4 is 15.4 Å². The van der Waals surface area contributed by atoms with Crippen LogP contribution in [-0.2, 0) is 16.0 Å². The molecule has 1 aliphatic rings. The van der Waals surface area contributed by atoms with Gasteiger partial charge in [0.05, 0.1) is 37.2 Å². The summed E-state index contributed by atoms with van der Waals surface area (Å²) >= 11 is 0. The van der Waals surface area contributed by atoms with Crippen LogP contribution in [0.4, 0.5) is 4.39 Å². The molecule has 1 atom stereocenters. The van der Waals surface area contributed by atoms with Crippen molar-refractivity contribution < 1.29 is 18.7 Å². The van der Waals surface area contributed by atoms with E-state index in [0.717, 1.165) is 23.6 Å². The number of carbonyl (C=O) groups excluding carboxylic acids is 1. The summed E-state index contributed by atoms with van der Waals surface area (Å²) < 4.78 is 25.2. The lowest BCUT2D eigenvalue weighted by Gasteiger charge is -2.21. The van der Waals surface area contributed by atoms with Gasteiger partial charge in [-0.3, -0.25) is 9.79 Å². The van der Waals surface area contributed by atoms with Crippen molar-refractivity contribution in [1.29, 1.82) is 0 Å². The highest BCUT2D eigenvalue weighted by molar-refractivity contribution is 5.99. The Morgan fingerprint density at radius 2 is 2.03 bits per heavy atom. The van der Waals surface area contributed by atoms with Crippen LogP contribution in [0.5, 0.6) is 5.75 Å². The SMILES string of the molecule is C=C.C=C1OCCN=C1NC(C)C(=O)N/C(C)=C/C=C(\C)F.CCc1ccc(-n2cnc(C)c2)c(OC)c1. The summed E-state index contributed by atoms with van der Waals surface area (Å²) in [6.45, 7) is 19.6. The zero-order chi connectivity index (χ0) is 28.7. The first-order valence-corrected chi connectivity index (χ1v) is 12.3. The molecule has 2 heterocycles. The quantitative estimate of drug-likeness (QED) is 0.376. The van der Waals surface area contributed by atoms with E-state index in [2.05, 4.69) is 65.5 Å². The number of amidine groups is 1. The zero-order valence-corrected chi connectivity index (χ0v) is 23.3. The summed E-state index contributed by atoms with van der Waals surface area (Å²) in [6, 6.07) is 5.75. The lowest BCUT2D eigenvalue weighted by Crippen LogP contribution is -2.45. The molecule has 1 unspecified atom stereocenters. The summed E-state index contributed by atoms with van der Waals surface area (Å²) in [5.41, 5.74) is 3.86. The minimum atomic E-state index is -0.508. The molecule has 0 radical (unpaired) electrons. The molecule has 0 bridgehead atoms. The number of carbonyl (C=O) groups is 1. The number of aromatic nitrogens is 2. The molecule has 1 aromatic carbocycles. The average Bonchev–Trinajstić information content (AvgIpc) is 3.35. The minimum absolute atomic E-state index is 0.246. The van der Waals surface area contributed by atoms with Gasteiger partial charge in [-0.05, 0) is 64.0 Å². The highest BCUT2D eigenvalue weighted by atomic mass is 19.1. The van der Waals surface area contributed by atoms with Gasteiger partial charge in [-0.1, -0.05) is 19.6 Å². The molecule has 2 N–H and O–H groups in total. The van der Waals surface area contributed by atoms with Crippen molar-refractivity contribution in [2.24, 2.45) is 4.99 Å². The fourth-order valence-corrected chi connectivity index (χ4v) is 3.17. The van der Waals surface area contributed by atoms with Gasteiger partial charge >= 0.3 is 0 Å². The number of rotatable bonds is 7. The number of nitrogens with zero attached hydrogens (tertiary/aromatic N) is 3. The summed E-state index contributed by atoms with van der Waals surface area (Å²) in [5, 5.41) is 5.60. The maximum Gasteiger partial charge on any atom is 0.246 e. The Labute approximate surface area is 225 Å². The molecule has 3 rings (SSSR count). The molecule has 0 spiro atoms. The normalized spacial score (nSPS) is 14.0. The number of aryl methyl sites for hydroxylation is 2. The number of amides is 1. The van der Waals surface area contributed by atoms with E-state index >= 15 is 0 Å². The molecule has 1 aromatic heterocycles. The van der Waals surface area contributed by atoms with E-state index in [1.54, 1.807) is 27.3 Å². The number of ether oxygens (including phenoxy) is 2. The number of halogens is 1. The van der Waals surface area contributed by atoms with Crippen molar-refractivity contribution >= 4 is 11.7 Å². The molecule has 0 aliphatic carbocycles. The summed E-state index contributed by atoms with van der Waals surface area (Å²) in [4.78, 5) is 20.3. The third-order valence-corrected chi connectivity index (χ3v) is 5.17. The van der Waals surface area contributed by atoms with E-state index in [1.165, 1.54) is 24.6 Å². The third-order valence-electron chi connectivity index (χ3n) is 5.17. The molecule has 38 heavy (non-hydrogen) atoms. The predicted octanol–water partition coefficient (Wildman–Crippen LogP) is 5.35. The maximum atomic E-state index is 12.6. The number of hydrogen-bond acceptors (Lipinski definition) is 6. The second-order valence-corrected chi connectivity index (χ2v) is 8.24. The Morgan fingerprint density at radius 3 is 2.58 bits per heavy atom. The summed E-state index contributed by atoms with van der Waals surface area (Å²) in [7, 11) is 1.70. The van der Waals surface area contributed by atoms with Crippen molar-refractivity contribution in [3.05, 3.63) is 91.2 Å². The van der Waals surface area contributed by atoms with Crippen LogP contribution in [0.2, 0.25) is 0 Å². The van der Waals surface area contributed by atoms with E-state index in [4.69, 9.17) is 9.47 Å². The minimum Gasteiger partial charge on any atom is -0.495 e. The standard InChI is InChI=1S/C14H20FN3O2.C13H16N2O.C2H4/c1-9(15)5-6-10(2)17-14(19)11(3)18-13-12(4)20-8-7-16-13;1-4-11-5-6-12(13(7-11)16-3)15-8-10(2)14-9-15;1-2/h5-6,11H,4,7-8H2,1-3H3,(H,16,18)(H,17,19);5-9H,4H2,1-3H3;1-2H2/b9-5+,10-6+;;. The third kappa shape index (κ3) is 10.5. The first-order chi connectivity index (χ1) is 18.1. The molecular weight excluding hydrogens is 485 g/mol. The van der Waals surface area contributed by atoms with Gasteiger partial charge in [0.2, 0.25) is 5.91 Å². The number of aliphatic imine (C=N–C) groups is 1. The number of benzene rings is 1. The number of imidazole rings is 1. The molecular formula is C29H40FN5O3. The fraction of sp³-hybridized carbons (Fsp3) is 0.345. The van der Waals surface area contributed by atoms with Gasteiger partial charge in [0.25, 0.3) is 0 Å². The second-order valence-electron chi connectivity index (χ2n) is 8.24. The lowest BCUT2D eigenvalue weighted by molar-refractivity contribution is -0.121. The average molecular weight is 526 g/mol. The van der Waals surface area contributed by atoms with Crippen LogP contribution in [-0.4, -0.2) is 47.6 Å². The van der Waals surface area contributed by atoms with E-state index in [9.17, 15) is 9.18 Å². The van der Waals surface area contributed by atoms with Gasteiger partial charge in [-0.25, -0.2) is 9.37 Å². The Kier molecular flexibility index (Phi) is 13.9. The molecule has 0 saturated carbocycles. The first-order valence-electron chi connectivity index (χ1n) is 12.3. The van der Waals surface area contributed by atoms with Crippen LogP contribution in [0.25, 0.3) is 5.69 Å². The molecule has 206 valence electrons. The number of methoxy groups -OCH3 is 1. The first kappa shape index (κ1) is 31.9. The maximum absolute atomic E-state index is 12.6. The van der Waals surface area contributed by atoms with Gasteiger partial charge in [0, 0.05) is 11.9 Å². The Balaban J connectivity index is 0.000000363. The van der Waals surface area contributed by atoms with Crippen LogP contribution in [0.1, 0.15) is 39.0 Å². The zero-order valence-electron chi connectivity index (χ0n) is 23.3. The fourth-order valence-electron chi connectivity index (χ4n) is 3.17. The molecule has 1 aliphatic heterocycles. The second kappa shape index (κ2) is 16.6. The number of hydrogen-bond donors (Lipinski definition) is 2. The molecule has 0 saturated heterocycles. The Morgan fingerprint density at radius 1 is 1.32 bits per heavy atom. The molecule has 2 aromatic rings. The van der Waals surface area contributed by atoms with E-state index in [1.807, 2.05) is 17.7 Å². The highest BCUT2D eigenvalue weighted by Gasteiger charge is 2.18. The lowest BCUT2D eigenvalue weighted by atomic mass is 10.1. The summed E-state index contributed by atoms with van der Waals surface area (Å²) in [6.07, 6.45) is 7.59. The van der Waals surface area contributed by atoms with Crippen LogP contribution in [0.3, 0.4) is 0 Å². The monoisotopic (exact) mass is 525 g/mol. The molecule has 0 fully saturated rings. The van der Waals surface area contributed by atoms with Gasteiger partial charge in [-0.15, -0.1) is 13.2 Å². The predicted molar refractivity (Wildman–Crippen MR) is 152 cm³/mol.